The van der Waals surface area contributed by atoms with Gasteiger partial charge >= 0.3 is 11.9 Å². The highest BCUT2D eigenvalue weighted by atomic mass is 79.9. The molecule has 0 aromatic heterocycles. The lowest BCUT2D eigenvalue weighted by Crippen LogP contribution is -2.40. The fourth-order valence-electron chi connectivity index (χ4n) is 5.23. The number of carbonyl (C=O) groups is 3. The van der Waals surface area contributed by atoms with Crippen LogP contribution in [0, 0.1) is 10.8 Å². The molecule has 0 radical (unpaired) electrons. The van der Waals surface area contributed by atoms with Gasteiger partial charge in [0.15, 0.2) is 11.2 Å². The molecule has 5 nitrogen and oxygen atoms in total. The van der Waals surface area contributed by atoms with Crippen LogP contribution in [0.1, 0.15) is 61.5 Å². The average Bonchev–Trinajstić information content (AvgIpc) is 3.39. The molecule has 0 unspecified atom stereocenters. The second-order valence-corrected chi connectivity index (χ2v) is 10.2. The smallest absolute Gasteiger partial charge is 0.330 e. The molecule has 1 heterocycles. The normalized spacial score (nSPS) is 26.4. The molecule has 0 saturated heterocycles. The summed E-state index contributed by atoms with van der Waals surface area (Å²) in [7, 11) is 1.24. The summed E-state index contributed by atoms with van der Waals surface area (Å²) >= 11 is 3.45. The number of ketones is 1. The van der Waals surface area contributed by atoms with Crippen LogP contribution in [0.15, 0.2) is 46.9 Å². The Kier molecular flexibility index (Phi) is 4.93. The van der Waals surface area contributed by atoms with Crippen molar-refractivity contribution in [3.63, 3.8) is 0 Å². The Hall–Kier alpha value is -2.47. The molecule has 2 aliphatic rings. The zero-order valence-electron chi connectivity index (χ0n) is 18.2. The molecule has 1 fully saturated rings. The fourth-order valence-corrected chi connectivity index (χ4v) is 5.61. The maximum Gasteiger partial charge on any atom is 0.330 e. The van der Waals surface area contributed by atoms with E-state index in [9.17, 15) is 14.4 Å². The molecule has 1 aliphatic carbocycles. The summed E-state index contributed by atoms with van der Waals surface area (Å²) in [4.78, 5) is 40.2. The summed E-state index contributed by atoms with van der Waals surface area (Å²) in [6.45, 7) is 8.13. The first-order valence-corrected chi connectivity index (χ1v) is 11.1. The van der Waals surface area contributed by atoms with Gasteiger partial charge in [-0.15, -0.1) is 0 Å². The maximum absolute atomic E-state index is 13.9. The molecule has 2 aromatic rings. The predicted molar refractivity (Wildman–Crippen MR) is 119 cm³/mol. The molecule has 0 spiro atoms. The summed E-state index contributed by atoms with van der Waals surface area (Å²) in [5.41, 5.74) is -0.756. The first kappa shape index (κ1) is 21.8. The number of hydrogen-bond acceptors (Lipinski definition) is 5. The van der Waals surface area contributed by atoms with Crippen LogP contribution in [0.3, 0.4) is 0 Å². The number of Topliss-reactive ketones (excluding diaryl/α,β-unsaturated/α-hetero) is 1. The van der Waals surface area contributed by atoms with Crippen LogP contribution >= 0.6 is 15.9 Å². The van der Waals surface area contributed by atoms with Crippen molar-refractivity contribution in [1.29, 1.82) is 0 Å². The maximum atomic E-state index is 13.9. The minimum absolute atomic E-state index is 0.0557. The molecule has 31 heavy (non-hydrogen) atoms. The lowest BCUT2D eigenvalue weighted by Gasteiger charge is -2.22. The number of ether oxygens (including phenoxy) is 2. The van der Waals surface area contributed by atoms with Crippen molar-refractivity contribution in [2.24, 2.45) is 10.8 Å². The van der Waals surface area contributed by atoms with Crippen LogP contribution < -0.4 is 4.74 Å². The zero-order chi connectivity index (χ0) is 22.8. The minimum Gasteiger partial charge on any atom is -0.468 e. The van der Waals surface area contributed by atoms with Crippen molar-refractivity contribution in [2.45, 2.75) is 45.4 Å². The van der Waals surface area contributed by atoms with Crippen LogP contribution in [0.5, 0.6) is 5.75 Å². The third kappa shape index (κ3) is 2.77. The monoisotopic (exact) mass is 484 g/mol. The first-order valence-electron chi connectivity index (χ1n) is 10.3. The molecule has 1 saturated carbocycles. The molecule has 3 atom stereocenters. The van der Waals surface area contributed by atoms with Crippen molar-refractivity contribution in [3.8, 4) is 5.75 Å². The van der Waals surface area contributed by atoms with E-state index in [1.165, 1.54) is 7.11 Å². The van der Waals surface area contributed by atoms with E-state index < -0.39 is 28.7 Å². The van der Waals surface area contributed by atoms with E-state index in [4.69, 9.17) is 9.47 Å². The SMILES string of the molecule is CC[C@]1(C(=O)c2ccc(C(C)(C)C)cc2)[C@@H]2c3cc(Br)ccc3OC(=O)[C@@]21C(=O)OC. The quantitative estimate of drug-likeness (QED) is 0.258. The molecule has 6 heteroatoms. The summed E-state index contributed by atoms with van der Waals surface area (Å²) in [5.74, 6) is -1.95. The number of benzene rings is 2. The van der Waals surface area contributed by atoms with Gasteiger partial charge < -0.3 is 9.47 Å². The Labute approximate surface area is 190 Å². The number of halogens is 1. The van der Waals surface area contributed by atoms with Crippen molar-refractivity contribution < 1.29 is 23.9 Å². The minimum atomic E-state index is -1.68. The summed E-state index contributed by atoms with van der Waals surface area (Å²) in [6.07, 6.45) is 0.299. The summed E-state index contributed by atoms with van der Waals surface area (Å²) < 4.78 is 11.4. The molecule has 0 N–H and O–H groups in total. The molecule has 2 aromatic carbocycles. The van der Waals surface area contributed by atoms with Crippen molar-refractivity contribution in [1.82, 2.24) is 0 Å². The van der Waals surface area contributed by atoms with E-state index >= 15 is 0 Å². The largest absolute Gasteiger partial charge is 0.468 e. The van der Waals surface area contributed by atoms with Crippen LogP contribution in [0.25, 0.3) is 0 Å². The Morgan fingerprint density at radius 1 is 1.13 bits per heavy atom. The lowest BCUT2D eigenvalue weighted by atomic mass is 9.81. The number of hydrogen-bond donors (Lipinski definition) is 0. The van der Waals surface area contributed by atoms with Crippen molar-refractivity contribution >= 4 is 33.7 Å². The average molecular weight is 485 g/mol. The Balaban J connectivity index is 1.89. The van der Waals surface area contributed by atoms with Gasteiger partial charge in [0.25, 0.3) is 0 Å². The van der Waals surface area contributed by atoms with Gasteiger partial charge in [-0.25, -0.2) is 0 Å². The highest BCUT2D eigenvalue weighted by Gasteiger charge is 2.90. The van der Waals surface area contributed by atoms with Gasteiger partial charge in [-0.3, -0.25) is 14.4 Å². The number of rotatable bonds is 4. The second kappa shape index (κ2) is 7.02. The second-order valence-electron chi connectivity index (χ2n) is 9.29. The van der Waals surface area contributed by atoms with E-state index in [-0.39, 0.29) is 11.2 Å². The van der Waals surface area contributed by atoms with Crippen LogP contribution in [-0.2, 0) is 19.7 Å². The van der Waals surface area contributed by atoms with Crippen LogP contribution in [0.2, 0.25) is 0 Å². The third-order valence-corrected chi connectivity index (χ3v) is 7.33. The van der Waals surface area contributed by atoms with Gasteiger partial charge in [-0.2, -0.15) is 0 Å². The highest BCUT2D eigenvalue weighted by Crippen LogP contribution is 2.80. The molecule has 1 aliphatic heterocycles. The molecule has 0 bridgehead atoms. The molecule has 162 valence electrons. The molecular weight excluding hydrogens is 460 g/mol. The number of fused-ring (bicyclic) bond motifs is 3. The van der Waals surface area contributed by atoms with Gasteiger partial charge in [0.1, 0.15) is 5.75 Å². The highest BCUT2D eigenvalue weighted by molar-refractivity contribution is 9.10. The van der Waals surface area contributed by atoms with Gasteiger partial charge in [0, 0.05) is 21.5 Å². The van der Waals surface area contributed by atoms with Gasteiger partial charge in [-0.1, -0.05) is 67.9 Å². The molecule has 0 amide bonds. The van der Waals surface area contributed by atoms with E-state index in [0.717, 1.165) is 10.0 Å². The van der Waals surface area contributed by atoms with Gasteiger partial charge in [-0.05, 0) is 35.6 Å². The Morgan fingerprint density at radius 3 is 2.32 bits per heavy atom. The third-order valence-electron chi connectivity index (χ3n) is 6.84. The van der Waals surface area contributed by atoms with Crippen LogP contribution in [-0.4, -0.2) is 24.8 Å². The van der Waals surface area contributed by atoms with Gasteiger partial charge in [0.2, 0.25) is 0 Å². The van der Waals surface area contributed by atoms with E-state index in [1.807, 2.05) is 25.1 Å². The predicted octanol–water partition coefficient (Wildman–Crippen LogP) is 5.20. The van der Waals surface area contributed by atoms with Crippen molar-refractivity contribution in [3.05, 3.63) is 63.6 Å². The summed E-state index contributed by atoms with van der Waals surface area (Å²) in [6, 6.07) is 12.7. The number of esters is 2. The van der Waals surface area contributed by atoms with Gasteiger partial charge in [0.05, 0.1) is 12.5 Å². The van der Waals surface area contributed by atoms with Crippen LogP contribution in [0.4, 0.5) is 0 Å². The molecule has 4 rings (SSSR count). The van der Waals surface area contributed by atoms with Crippen molar-refractivity contribution in [2.75, 3.05) is 7.11 Å². The fraction of sp³-hybridized carbons (Fsp3) is 0.400. The summed E-state index contributed by atoms with van der Waals surface area (Å²) in [5, 5.41) is 0. The topological polar surface area (TPSA) is 69.7 Å². The van der Waals surface area contributed by atoms with E-state index in [2.05, 4.69) is 36.7 Å². The standard InChI is InChI=1S/C25H25BrO5/c1-6-24(20(27)14-7-9-15(10-8-14)23(2,3)4)19-17-13-16(26)11-12-18(17)31-22(29)25(19,24)21(28)30-5/h7-13,19H,6H2,1-5H3/t19-,24+,25-/m0/s1. The first-order chi connectivity index (χ1) is 14.5. The van der Waals surface area contributed by atoms with E-state index in [0.29, 0.717) is 23.3 Å². The Morgan fingerprint density at radius 2 is 1.77 bits per heavy atom. The number of carbonyl (C=O) groups excluding carboxylic acids is 3. The lowest BCUT2D eigenvalue weighted by molar-refractivity contribution is -0.160. The zero-order valence-corrected chi connectivity index (χ0v) is 19.8. The van der Waals surface area contributed by atoms with E-state index in [1.54, 1.807) is 24.3 Å². The Bertz CT molecular complexity index is 1100. The number of methoxy groups -OCH3 is 1. The molecular formula is C25H25BrO5.